The van der Waals surface area contributed by atoms with Gasteiger partial charge < -0.3 is 20.7 Å². The van der Waals surface area contributed by atoms with E-state index in [9.17, 15) is 9.59 Å². The Bertz CT molecular complexity index is 325. The third kappa shape index (κ3) is 4.18. The second-order valence-corrected chi connectivity index (χ2v) is 5.69. The number of ether oxygens (including phenoxy) is 1. The van der Waals surface area contributed by atoms with Crippen molar-refractivity contribution in [2.45, 2.75) is 38.8 Å². The number of nitrogens with two attached hydrogens (primary N) is 1. The van der Waals surface area contributed by atoms with Crippen LogP contribution in [-0.2, 0) is 9.53 Å². The number of piperidine rings is 1. The molecule has 0 aromatic carbocycles. The summed E-state index contributed by atoms with van der Waals surface area (Å²) >= 11 is 0. The summed E-state index contributed by atoms with van der Waals surface area (Å²) in [5.74, 6) is -0.343. The maximum absolute atomic E-state index is 11.9. The van der Waals surface area contributed by atoms with E-state index in [0.717, 1.165) is 0 Å². The van der Waals surface area contributed by atoms with Gasteiger partial charge in [-0.1, -0.05) is 0 Å². The van der Waals surface area contributed by atoms with Gasteiger partial charge in [-0.25, -0.2) is 4.79 Å². The second-order valence-electron chi connectivity index (χ2n) is 5.69. The lowest BCUT2D eigenvalue weighted by Gasteiger charge is -2.36. The summed E-state index contributed by atoms with van der Waals surface area (Å²) in [6, 6.07) is -0.187. The number of nitrogens with zero attached hydrogens (tertiary/aromatic N) is 1. The van der Waals surface area contributed by atoms with Crippen LogP contribution in [0.5, 0.6) is 0 Å². The molecular weight excluding hydrogens is 234 g/mol. The lowest BCUT2D eigenvalue weighted by Crippen LogP contribution is -2.53. The number of hydrogen-bond acceptors (Lipinski definition) is 4. The van der Waals surface area contributed by atoms with E-state index >= 15 is 0 Å². The van der Waals surface area contributed by atoms with E-state index in [4.69, 9.17) is 10.5 Å². The minimum atomic E-state index is -0.541. The Kier molecular flexibility index (Phi) is 4.56. The Morgan fingerprint density at radius 2 is 1.94 bits per heavy atom. The van der Waals surface area contributed by atoms with Gasteiger partial charge in [0.25, 0.3) is 0 Å². The van der Waals surface area contributed by atoms with Crippen molar-refractivity contribution in [3.63, 3.8) is 0 Å². The van der Waals surface area contributed by atoms with Crippen LogP contribution in [0.25, 0.3) is 0 Å². The van der Waals surface area contributed by atoms with Crippen LogP contribution < -0.4 is 11.1 Å². The highest BCUT2D eigenvalue weighted by Crippen LogP contribution is 2.19. The van der Waals surface area contributed by atoms with Gasteiger partial charge >= 0.3 is 6.09 Å². The first-order valence-electron chi connectivity index (χ1n) is 6.18. The Morgan fingerprint density at radius 3 is 2.44 bits per heavy atom. The van der Waals surface area contributed by atoms with Crippen LogP contribution in [0, 0.1) is 5.92 Å². The minimum absolute atomic E-state index is 0.0845. The lowest BCUT2D eigenvalue weighted by molar-refractivity contribution is -0.126. The molecule has 3 N–H and O–H groups in total. The molecule has 1 saturated heterocycles. The smallest absolute Gasteiger partial charge is 0.410 e. The molecule has 0 aromatic rings. The fourth-order valence-electron chi connectivity index (χ4n) is 2.01. The molecule has 1 aliphatic rings. The van der Waals surface area contributed by atoms with E-state index in [1.165, 1.54) is 4.90 Å². The first-order chi connectivity index (χ1) is 8.23. The maximum Gasteiger partial charge on any atom is 0.410 e. The average Bonchev–Trinajstić information content (AvgIpc) is 2.24. The van der Waals surface area contributed by atoms with Gasteiger partial charge in [-0.15, -0.1) is 0 Å². The van der Waals surface area contributed by atoms with E-state index in [2.05, 4.69) is 5.32 Å². The van der Waals surface area contributed by atoms with E-state index in [1.54, 1.807) is 7.05 Å². The van der Waals surface area contributed by atoms with Crippen molar-refractivity contribution in [2.75, 3.05) is 20.1 Å². The number of likely N-dealkylation sites (tertiary alicyclic amines) is 1. The van der Waals surface area contributed by atoms with Gasteiger partial charge in [0.15, 0.2) is 0 Å². The molecule has 6 nitrogen and oxygen atoms in total. The maximum atomic E-state index is 11.9. The van der Waals surface area contributed by atoms with E-state index < -0.39 is 11.7 Å². The third-order valence-corrected chi connectivity index (χ3v) is 2.75. The molecule has 1 heterocycles. The molecule has 0 radical (unpaired) electrons. The van der Waals surface area contributed by atoms with Gasteiger partial charge in [-0.2, -0.15) is 0 Å². The summed E-state index contributed by atoms with van der Waals surface area (Å²) in [5, 5.41) is 2.59. The van der Waals surface area contributed by atoms with Gasteiger partial charge in [-0.05, 0) is 27.2 Å². The van der Waals surface area contributed by atoms with Crippen molar-refractivity contribution in [3.05, 3.63) is 0 Å². The van der Waals surface area contributed by atoms with Crippen LogP contribution in [-0.4, -0.2) is 48.7 Å². The molecule has 1 rings (SSSR count). The highest BCUT2D eigenvalue weighted by atomic mass is 16.6. The Hall–Kier alpha value is -1.30. The Morgan fingerprint density at radius 1 is 1.33 bits per heavy atom. The van der Waals surface area contributed by atoms with Crippen molar-refractivity contribution in [1.29, 1.82) is 0 Å². The molecular formula is C12H23N3O3. The highest BCUT2D eigenvalue weighted by molar-refractivity contribution is 5.79. The molecule has 104 valence electrons. The molecule has 0 saturated carbocycles. The largest absolute Gasteiger partial charge is 0.444 e. The van der Waals surface area contributed by atoms with Crippen LogP contribution in [0.1, 0.15) is 27.2 Å². The van der Waals surface area contributed by atoms with Crippen molar-refractivity contribution < 1.29 is 14.3 Å². The molecule has 6 heteroatoms. The third-order valence-electron chi connectivity index (χ3n) is 2.75. The summed E-state index contributed by atoms with van der Waals surface area (Å²) in [4.78, 5) is 25.1. The molecule has 18 heavy (non-hydrogen) atoms. The molecule has 0 aromatic heterocycles. The number of amides is 2. The van der Waals surface area contributed by atoms with Crippen molar-refractivity contribution in [1.82, 2.24) is 10.2 Å². The van der Waals surface area contributed by atoms with Crippen LogP contribution in [0.2, 0.25) is 0 Å². The zero-order chi connectivity index (χ0) is 13.9. The van der Waals surface area contributed by atoms with E-state index in [1.807, 2.05) is 20.8 Å². The van der Waals surface area contributed by atoms with E-state index in [0.29, 0.717) is 19.5 Å². The molecule has 2 atom stereocenters. The fraction of sp³-hybridized carbons (Fsp3) is 0.833. The molecule has 1 fully saturated rings. The summed E-state index contributed by atoms with van der Waals surface area (Å²) in [5.41, 5.74) is 5.34. The number of carbonyl (C=O) groups excluding carboxylic acids is 2. The number of hydrogen-bond donors (Lipinski definition) is 2. The summed E-state index contributed by atoms with van der Waals surface area (Å²) in [7, 11) is 1.58. The zero-order valence-electron chi connectivity index (χ0n) is 11.5. The second kappa shape index (κ2) is 5.56. The molecule has 0 aliphatic carbocycles. The SMILES string of the molecule is CNC(=O)C1CC(N)CN(C(=O)OC(C)(C)C)C1. The normalized spacial score (nSPS) is 24.6. The van der Waals surface area contributed by atoms with Crippen molar-refractivity contribution >= 4 is 12.0 Å². The quantitative estimate of drug-likeness (QED) is 0.708. The zero-order valence-corrected chi connectivity index (χ0v) is 11.5. The Labute approximate surface area is 108 Å². The predicted octanol–water partition coefficient (Wildman–Crippen LogP) is 0.317. The standard InChI is InChI=1S/C12H23N3O3/c1-12(2,3)18-11(17)15-6-8(10(16)14-4)5-9(13)7-15/h8-9H,5-7,13H2,1-4H3,(H,14,16). The highest BCUT2D eigenvalue weighted by Gasteiger charge is 2.33. The summed E-state index contributed by atoms with van der Waals surface area (Å²) < 4.78 is 5.29. The van der Waals surface area contributed by atoms with Gasteiger partial charge in [0.2, 0.25) is 5.91 Å². The topological polar surface area (TPSA) is 84.7 Å². The molecule has 0 bridgehead atoms. The van der Waals surface area contributed by atoms with Crippen LogP contribution in [0.15, 0.2) is 0 Å². The van der Waals surface area contributed by atoms with Crippen LogP contribution in [0.4, 0.5) is 4.79 Å². The van der Waals surface area contributed by atoms with Gasteiger partial charge in [0, 0.05) is 26.2 Å². The molecule has 1 aliphatic heterocycles. The fourth-order valence-corrected chi connectivity index (χ4v) is 2.01. The molecule has 2 amide bonds. The van der Waals surface area contributed by atoms with Crippen LogP contribution in [0.3, 0.4) is 0 Å². The first-order valence-corrected chi connectivity index (χ1v) is 6.18. The number of rotatable bonds is 1. The minimum Gasteiger partial charge on any atom is -0.444 e. The average molecular weight is 257 g/mol. The van der Waals surface area contributed by atoms with E-state index in [-0.39, 0.29) is 17.9 Å². The number of carbonyl (C=O) groups is 2. The first kappa shape index (κ1) is 14.8. The van der Waals surface area contributed by atoms with Crippen molar-refractivity contribution in [3.8, 4) is 0 Å². The Balaban J connectivity index is 2.66. The summed E-state index contributed by atoms with van der Waals surface area (Å²) in [6.45, 7) is 6.23. The molecule has 0 spiro atoms. The monoisotopic (exact) mass is 257 g/mol. The van der Waals surface area contributed by atoms with Crippen molar-refractivity contribution in [2.24, 2.45) is 11.7 Å². The predicted molar refractivity (Wildman–Crippen MR) is 68.0 cm³/mol. The van der Waals surface area contributed by atoms with Gasteiger partial charge in [0.1, 0.15) is 5.60 Å². The summed E-state index contributed by atoms with van der Waals surface area (Å²) in [6.07, 6.45) is 0.186. The van der Waals surface area contributed by atoms with Gasteiger partial charge in [-0.3, -0.25) is 4.79 Å². The van der Waals surface area contributed by atoms with Crippen LogP contribution >= 0.6 is 0 Å². The number of nitrogens with one attached hydrogen (secondary N) is 1. The lowest BCUT2D eigenvalue weighted by atomic mass is 9.94. The van der Waals surface area contributed by atoms with Gasteiger partial charge in [0.05, 0.1) is 5.92 Å². The molecule has 2 unspecified atom stereocenters.